The summed E-state index contributed by atoms with van der Waals surface area (Å²) in [6, 6.07) is 7.39. The standard InChI is InChI=1S/C20H22N6O3S/c1-4-23-12-10-8-7-9-11(12)13(17(23)27)14-18(28)26-16-15(21-22-19(26)30-14)24(5-2)20(29)25(16)6-3/h7-10,15-16,21H,4-6H2,1-3H3/b14-13-. The number of hydrogen-bond acceptors (Lipinski definition) is 6. The molecule has 30 heavy (non-hydrogen) atoms. The maximum Gasteiger partial charge on any atom is 0.323 e. The first-order chi connectivity index (χ1) is 14.5. The van der Waals surface area contributed by atoms with Gasteiger partial charge in [0, 0.05) is 25.2 Å². The van der Waals surface area contributed by atoms with Crippen LogP contribution in [0.4, 0.5) is 10.5 Å². The molecule has 5 rings (SSSR count). The number of urea groups is 1. The predicted molar refractivity (Wildman–Crippen MR) is 112 cm³/mol. The van der Waals surface area contributed by atoms with Gasteiger partial charge in [0.05, 0.1) is 11.3 Å². The molecule has 1 aromatic carbocycles. The number of likely N-dealkylation sites (N-methyl/N-ethyl adjacent to an activating group) is 3. The van der Waals surface area contributed by atoms with Crippen LogP contribution in [0.3, 0.4) is 0 Å². The Morgan fingerprint density at radius 3 is 2.47 bits per heavy atom. The van der Waals surface area contributed by atoms with Gasteiger partial charge in [-0.1, -0.05) is 29.5 Å². The van der Waals surface area contributed by atoms with Crippen molar-refractivity contribution in [1.29, 1.82) is 0 Å². The molecule has 156 valence electrons. The summed E-state index contributed by atoms with van der Waals surface area (Å²) >= 11 is 1.19. The average molecular weight is 427 g/mol. The zero-order chi connectivity index (χ0) is 21.2. The van der Waals surface area contributed by atoms with Crippen molar-refractivity contribution in [2.45, 2.75) is 33.1 Å². The van der Waals surface area contributed by atoms with E-state index in [0.717, 1.165) is 11.3 Å². The number of hydrogen-bond donors (Lipinski definition) is 1. The van der Waals surface area contributed by atoms with Gasteiger partial charge in [-0.3, -0.25) is 29.4 Å². The Labute approximate surface area is 176 Å². The van der Waals surface area contributed by atoms with Crippen LogP contribution in [0.1, 0.15) is 32.5 Å². The molecule has 3 aliphatic heterocycles. The lowest BCUT2D eigenvalue weighted by molar-refractivity contribution is -0.113. The molecule has 3 amide bonds. The molecule has 2 atom stereocenters. The van der Waals surface area contributed by atoms with Crippen LogP contribution in [-0.2, 0) is 4.79 Å². The molecule has 1 aromatic heterocycles. The van der Waals surface area contributed by atoms with Crippen molar-refractivity contribution in [3.05, 3.63) is 49.5 Å². The fraction of sp³-hybridized carbons (Fsp3) is 0.400. The minimum absolute atomic E-state index is 0.128. The number of nitrogens with zero attached hydrogens (tertiary/aromatic N) is 5. The second kappa shape index (κ2) is 6.69. The van der Waals surface area contributed by atoms with E-state index >= 15 is 0 Å². The first-order valence-corrected chi connectivity index (χ1v) is 10.9. The molecule has 10 heteroatoms. The summed E-state index contributed by atoms with van der Waals surface area (Å²) in [5, 5.41) is 4.38. The van der Waals surface area contributed by atoms with Crippen LogP contribution in [0.15, 0.2) is 34.2 Å². The highest BCUT2D eigenvalue weighted by Gasteiger charge is 2.48. The molecule has 0 aliphatic carbocycles. The van der Waals surface area contributed by atoms with Crippen molar-refractivity contribution < 1.29 is 9.59 Å². The van der Waals surface area contributed by atoms with E-state index in [1.54, 1.807) is 19.3 Å². The SMILES string of the molecule is CCN1C(=O)/C(=c2\sc3n(c2=O)C2C(NN=3)N(CC)C(=O)N2CC)c2ccccc21. The topological polar surface area (TPSA) is 90.2 Å². The molecule has 0 saturated carbocycles. The molecule has 3 aliphatic rings. The third-order valence-electron chi connectivity index (χ3n) is 5.95. The number of thiazole rings is 1. The van der Waals surface area contributed by atoms with Gasteiger partial charge in [-0.25, -0.2) is 4.79 Å². The largest absolute Gasteiger partial charge is 0.323 e. The zero-order valence-corrected chi connectivity index (χ0v) is 17.8. The lowest BCUT2D eigenvalue weighted by Crippen LogP contribution is -2.53. The van der Waals surface area contributed by atoms with Crippen molar-refractivity contribution in [1.82, 2.24) is 19.8 Å². The van der Waals surface area contributed by atoms with E-state index in [9.17, 15) is 14.4 Å². The van der Waals surface area contributed by atoms with E-state index in [1.807, 2.05) is 45.0 Å². The third kappa shape index (κ3) is 2.28. The van der Waals surface area contributed by atoms with Crippen LogP contribution in [0.5, 0.6) is 0 Å². The summed E-state index contributed by atoms with van der Waals surface area (Å²) in [5.74, 6) is -0.176. The van der Waals surface area contributed by atoms with Crippen molar-refractivity contribution in [2.24, 2.45) is 5.10 Å². The van der Waals surface area contributed by atoms with Crippen LogP contribution in [-0.4, -0.2) is 52.1 Å². The Balaban J connectivity index is 1.78. The number of carbonyl (C=O) groups excluding carboxylic acids is 2. The molecular formula is C20H22N6O3S. The van der Waals surface area contributed by atoms with Gasteiger partial charge >= 0.3 is 6.03 Å². The number of aromatic nitrogens is 1. The van der Waals surface area contributed by atoms with Crippen LogP contribution < -0.4 is 25.2 Å². The van der Waals surface area contributed by atoms with Gasteiger partial charge in [0.1, 0.15) is 4.53 Å². The van der Waals surface area contributed by atoms with Gasteiger partial charge in [-0.2, -0.15) is 0 Å². The van der Waals surface area contributed by atoms with Crippen LogP contribution >= 0.6 is 11.3 Å². The van der Waals surface area contributed by atoms with E-state index < -0.39 is 12.3 Å². The molecule has 9 nitrogen and oxygen atoms in total. The smallest absolute Gasteiger partial charge is 0.308 e. The Morgan fingerprint density at radius 1 is 1.03 bits per heavy atom. The number of nitrogens with one attached hydrogen (secondary N) is 1. The van der Waals surface area contributed by atoms with Crippen molar-refractivity contribution in [3.63, 3.8) is 0 Å². The first-order valence-electron chi connectivity index (χ1n) is 10.1. The molecule has 0 spiro atoms. The van der Waals surface area contributed by atoms with E-state index in [2.05, 4.69) is 10.5 Å². The maximum atomic E-state index is 13.6. The monoisotopic (exact) mass is 426 g/mol. The Kier molecular flexibility index (Phi) is 4.21. The van der Waals surface area contributed by atoms with Crippen LogP contribution in [0.25, 0.3) is 5.57 Å². The lowest BCUT2D eigenvalue weighted by atomic mass is 10.1. The Hall–Kier alpha value is -3.14. The fourth-order valence-corrected chi connectivity index (χ4v) is 5.64. The fourth-order valence-electron chi connectivity index (χ4n) is 4.58. The summed E-state index contributed by atoms with van der Waals surface area (Å²) in [5.41, 5.74) is 4.75. The molecule has 1 fully saturated rings. The zero-order valence-electron chi connectivity index (χ0n) is 17.0. The number of benzene rings is 1. The lowest BCUT2D eigenvalue weighted by Gasteiger charge is -2.29. The Morgan fingerprint density at radius 2 is 1.77 bits per heavy atom. The van der Waals surface area contributed by atoms with Gasteiger partial charge in [0.15, 0.2) is 12.3 Å². The molecule has 0 radical (unpaired) electrons. The van der Waals surface area contributed by atoms with Crippen molar-refractivity contribution in [3.8, 4) is 0 Å². The van der Waals surface area contributed by atoms with Gasteiger partial charge in [-0.05, 0) is 26.8 Å². The van der Waals surface area contributed by atoms with Crippen LogP contribution in [0.2, 0.25) is 0 Å². The highest BCUT2D eigenvalue weighted by molar-refractivity contribution is 7.07. The quantitative estimate of drug-likeness (QED) is 0.760. The number of rotatable bonds is 3. The third-order valence-corrected chi connectivity index (χ3v) is 7.00. The number of fused-ring (bicyclic) bond motifs is 4. The number of amides is 3. The highest BCUT2D eigenvalue weighted by atomic mass is 32.1. The Bertz CT molecular complexity index is 1250. The van der Waals surface area contributed by atoms with Crippen LogP contribution in [0, 0.1) is 0 Å². The molecule has 2 aromatic rings. The summed E-state index contributed by atoms with van der Waals surface area (Å²) < 4.78 is 1.93. The summed E-state index contributed by atoms with van der Waals surface area (Å²) in [4.78, 5) is 45.1. The number of carbonyl (C=O) groups is 2. The van der Waals surface area contributed by atoms with E-state index in [1.165, 1.54) is 11.3 Å². The second-order valence-corrected chi connectivity index (χ2v) is 8.26. The summed E-state index contributed by atoms with van der Waals surface area (Å²) in [7, 11) is 0. The van der Waals surface area contributed by atoms with Gasteiger partial charge in [0.25, 0.3) is 11.5 Å². The van der Waals surface area contributed by atoms with Gasteiger partial charge in [-0.15, -0.1) is 5.10 Å². The van der Waals surface area contributed by atoms with Gasteiger partial charge in [0.2, 0.25) is 4.80 Å². The molecule has 0 bridgehead atoms. The molecule has 4 heterocycles. The van der Waals surface area contributed by atoms with E-state index in [4.69, 9.17) is 0 Å². The summed E-state index contributed by atoms with van der Waals surface area (Å²) in [6.45, 7) is 7.20. The van der Waals surface area contributed by atoms with Gasteiger partial charge < -0.3 is 4.90 Å². The highest BCUT2D eigenvalue weighted by Crippen LogP contribution is 2.35. The normalized spacial score (nSPS) is 23.9. The van der Waals surface area contributed by atoms with E-state index in [-0.39, 0.29) is 17.5 Å². The minimum Gasteiger partial charge on any atom is -0.308 e. The number of anilines is 1. The van der Waals surface area contributed by atoms with E-state index in [0.29, 0.717) is 34.5 Å². The molecule has 1 saturated heterocycles. The molecule has 1 N–H and O–H groups in total. The second-order valence-electron chi connectivity index (χ2n) is 7.28. The van der Waals surface area contributed by atoms with Crippen molar-refractivity contribution >= 4 is 34.5 Å². The minimum atomic E-state index is -0.498. The predicted octanol–water partition coefficient (Wildman–Crippen LogP) is 0.215. The molecule has 2 unspecified atom stereocenters. The summed E-state index contributed by atoms with van der Waals surface area (Å²) in [6.07, 6.45) is -0.916. The maximum absolute atomic E-state index is 13.6. The molecular weight excluding hydrogens is 404 g/mol. The number of para-hydroxylation sites is 1. The average Bonchev–Trinajstić information content (AvgIpc) is 3.33. The van der Waals surface area contributed by atoms with Crippen molar-refractivity contribution in [2.75, 3.05) is 24.5 Å². The first kappa shape index (κ1) is 18.9.